The number of aliphatic hydroxyl groups is 1. The molecular formula is C16H19NO4. The summed E-state index contributed by atoms with van der Waals surface area (Å²) in [4.78, 5) is 23.2. The molecule has 0 radical (unpaired) electrons. The van der Waals surface area contributed by atoms with Gasteiger partial charge in [0, 0.05) is 18.5 Å². The predicted molar refractivity (Wildman–Crippen MR) is 78.6 cm³/mol. The van der Waals surface area contributed by atoms with Crippen LogP contribution in [0, 0.1) is 11.8 Å². The normalized spacial score (nSPS) is 9.43. The van der Waals surface area contributed by atoms with Gasteiger partial charge < -0.3 is 15.2 Å². The highest BCUT2D eigenvalue weighted by atomic mass is 16.5. The average Bonchev–Trinajstić information content (AvgIpc) is 2.50. The van der Waals surface area contributed by atoms with E-state index in [-0.39, 0.29) is 24.9 Å². The van der Waals surface area contributed by atoms with Gasteiger partial charge in [-0.3, -0.25) is 9.59 Å². The van der Waals surface area contributed by atoms with Crippen LogP contribution in [0.5, 0.6) is 0 Å². The van der Waals surface area contributed by atoms with Gasteiger partial charge in [0.05, 0.1) is 12.2 Å². The Morgan fingerprint density at radius 2 is 2.10 bits per heavy atom. The molecule has 1 aromatic carbocycles. The molecule has 0 bridgehead atoms. The Bertz CT molecular complexity index is 543. The van der Waals surface area contributed by atoms with Gasteiger partial charge in [-0.25, -0.2) is 0 Å². The summed E-state index contributed by atoms with van der Waals surface area (Å²) in [7, 11) is 0. The summed E-state index contributed by atoms with van der Waals surface area (Å²) in [5, 5.41) is 11.4. The molecule has 0 aliphatic carbocycles. The number of ether oxygens (including phenoxy) is 1. The van der Waals surface area contributed by atoms with Crippen LogP contribution < -0.4 is 5.32 Å². The summed E-state index contributed by atoms with van der Waals surface area (Å²) in [6.45, 7) is 2.25. The lowest BCUT2D eigenvalue weighted by atomic mass is 10.1. The van der Waals surface area contributed by atoms with Gasteiger partial charge in [-0.05, 0) is 25.5 Å². The highest BCUT2D eigenvalue weighted by Crippen LogP contribution is 2.07. The van der Waals surface area contributed by atoms with Crippen LogP contribution in [-0.2, 0) is 9.53 Å². The second-order valence-corrected chi connectivity index (χ2v) is 4.17. The Kier molecular flexibility index (Phi) is 7.62. The van der Waals surface area contributed by atoms with Crippen LogP contribution in [0.1, 0.15) is 35.7 Å². The lowest BCUT2D eigenvalue weighted by Crippen LogP contribution is -2.25. The fraction of sp³-hybridized carbons (Fsp3) is 0.375. The van der Waals surface area contributed by atoms with Gasteiger partial charge in [-0.1, -0.05) is 24.0 Å². The Morgan fingerprint density at radius 1 is 1.33 bits per heavy atom. The van der Waals surface area contributed by atoms with E-state index in [9.17, 15) is 9.59 Å². The van der Waals surface area contributed by atoms with Gasteiger partial charge in [-0.15, -0.1) is 0 Å². The lowest BCUT2D eigenvalue weighted by molar-refractivity contribution is -0.143. The minimum absolute atomic E-state index is 0.248. The topological polar surface area (TPSA) is 75.6 Å². The van der Waals surface area contributed by atoms with E-state index in [4.69, 9.17) is 9.84 Å². The van der Waals surface area contributed by atoms with Crippen LogP contribution in [0.3, 0.4) is 0 Å². The number of carbonyl (C=O) groups excluding carboxylic acids is 2. The summed E-state index contributed by atoms with van der Waals surface area (Å²) >= 11 is 0. The quantitative estimate of drug-likeness (QED) is 0.467. The molecule has 1 amide bonds. The number of benzene rings is 1. The Labute approximate surface area is 124 Å². The Morgan fingerprint density at radius 3 is 2.81 bits per heavy atom. The van der Waals surface area contributed by atoms with Gasteiger partial charge in [-0.2, -0.15) is 0 Å². The highest BCUT2D eigenvalue weighted by Gasteiger charge is 2.09. The number of nitrogens with one attached hydrogen (secondary N) is 1. The van der Waals surface area contributed by atoms with Crippen molar-refractivity contribution in [1.29, 1.82) is 0 Å². The van der Waals surface area contributed by atoms with E-state index in [0.717, 1.165) is 0 Å². The second-order valence-electron chi connectivity index (χ2n) is 4.17. The smallest absolute Gasteiger partial charge is 0.305 e. The van der Waals surface area contributed by atoms with Gasteiger partial charge in [0.25, 0.3) is 5.91 Å². The molecule has 5 heteroatoms. The molecule has 0 aromatic heterocycles. The van der Waals surface area contributed by atoms with Gasteiger partial charge >= 0.3 is 5.97 Å². The maximum atomic E-state index is 12.0. The van der Waals surface area contributed by atoms with Gasteiger partial charge in [0.15, 0.2) is 0 Å². The van der Waals surface area contributed by atoms with Crippen molar-refractivity contribution < 1.29 is 19.4 Å². The summed E-state index contributed by atoms with van der Waals surface area (Å²) in [6, 6.07) is 6.91. The molecule has 1 aromatic rings. The first-order chi connectivity index (χ1) is 10.2. The van der Waals surface area contributed by atoms with Crippen molar-refractivity contribution in [2.45, 2.75) is 19.8 Å². The van der Waals surface area contributed by atoms with Crippen LogP contribution in [-0.4, -0.2) is 36.7 Å². The minimum Gasteiger partial charge on any atom is -0.466 e. The van der Waals surface area contributed by atoms with Crippen LogP contribution in [0.25, 0.3) is 0 Å². The monoisotopic (exact) mass is 289 g/mol. The molecule has 0 atom stereocenters. The van der Waals surface area contributed by atoms with E-state index in [2.05, 4.69) is 17.2 Å². The fourth-order valence-electron chi connectivity index (χ4n) is 1.69. The fourth-order valence-corrected chi connectivity index (χ4v) is 1.69. The van der Waals surface area contributed by atoms with Crippen molar-refractivity contribution in [3.05, 3.63) is 35.4 Å². The molecule has 21 heavy (non-hydrogen) atoms. The van der Waals surface area contributed by atoms with E-state index >= 15 is 0 Å². The van der Waals surface area contributed by atoms with Gasteiger partial charge in [0.2, 0.25) is 0 Å². The summed E-state index contributed by atoms with van der Waals surface area (Å²) in [5.74, 6) is 4.74. The lowest BCUT2D eigenvalue weighted by Gasteiger charge is -2.07. The molecule has 0 spiro atoms. The first-order valence-corrected chi connectivity index (χ1v) is 6.81. The number of hydrogen-bond acceptors (Lipinski definition) is 4. The van der Waals surface area contributed by atoms with Crippen molar-refractivity contribution >= 4 is 11.9 Å². The minimum atomic E-state index is -0.263. The zero-order valence-electron chi connectivity index (χ0n) is 12.0. The number of aliphatic hydroxyl groups excluding tert-OH is 1. The highest BCUT2D eigenvalue weighted by molar-refractivity contribution is 5.96. The number of esters is 1. The molecule has 112 valence electrons. The number of carbonyl (C=O) groups is 2. The molecule has 0 saturated heterocycles. The molecule has 5 nitrogen and oxygen atoms in total. The number of rotatable bonds is 6. The molecular weight excluding hydrogens is 270 g/mol. The summed E-state index contributed by atoms with van der Waals surface area (Å²) in [6.07, 6.45) is 0.801. The molecule has 0 unspecified atom stereocenters. The summed E-state index contributed by atoms with van der Waals surface area (Å²) < 4.78 is 4.80. The van der Waals surface area contributed by atoms with E-state index < -0.39 is 0 Å². The zero-order chi connectivity index (χ0) is 15.5. The third kappa shape index (κ3) is 6.11. The van der Waals surface area contributed by atoms with Crippen LogP contribution >= 0.6 is 0 Å². The third-order valence-electron chi connectivity index (χ3n) is 2.62. The van der Waals surface area contributed by atoms with Crippen molar-refractivity contribution in [1.82, 2.24) is 5.32 Å². The van der Waals surface area contributed by atoms with Crippen LogP contribution in [0.4, 0.5) is 0 Å². The molecule has 0 fully saturated rings. The number of amides is 1. The first-order valence-electron chi connectivity index (χ1n) is 6.81. The van der Waals surface area contributed by atoms with Crippen molar-refractivity contribution in [3.8, 4) is 11.8 Å². The third-order valence-corrected chi connectivity index (χ3v) is 2.62. The molecule has 2 N–H and O–H groups in total. The Hall–Kier alpha value is -2.32. The molecule has 1 rings (SSSR count). The predicted octanol–water partition coefficient (Wildman–Crippen LogP) is 1.10. The largest absolute Gasteiger partial charge is 0.466 e. The maximum Gasteiger partial charge on any atom is 0.305 e. The van der Waals surface area contributed by atoms with E-state index in [1.165, 1.54) is 0 Å². The van der Waals surface area contributed by atoms with Crippen molar-refractivity contribution in [3.63, 3.8) is 0 Å². The van der Waals surface area contributed by atoms with Crippen molar-refractivity contribution in [2.24, 2.45) is 0 Å². The zero-order valence-corrected chi connectivity index (χ0v) is 12.0. The van der Waals surface area contributed by atoms with Crippen molar-refractivity contribution in [2.75, 3.05) is 19.8 Å². The average molecular weight is 289 g/mol. The molecule has 0 aliphatic rings. The number of hydrogen-bond donors (Lipinski definition) is 2. The second kappa shape index (κ2) is 9.56. The maximum absolute atomic E-state index is 12.0. The van der Waals surface area contributed by atoms with Crippen LogP contribution in [0.2, 0.25) is 0 Å². The standard InChI is InChI=1S/C16H19NO4/c1-2-21-15(19)10-5-11-17-16(20)14-9-4-3-7-13(14)8-6-12-18/h3-4,7,9,18H,2,5,10-12H2,1H3,(H,17,20). The van der Waals surface area contributed by atoms with E-state index in [1.807, 2.05) is 0 Å². The Balaban J connectivity index is 2.51. The molecule has 0 aliphatic heterocycles. The first kappa shape index (κ1) is 16.7. The van der Waals surface area contributed by atoms with Crippen LogP contribution in [0.15, 0.2) is 24.3 Å². The van der Waals surface area contributed by atoms with E-state index in [1.54, 1.807) is 31.2 Å². The summed E-state index contributed by atoms with van der Waals surface area (Å²) in [5.41, 5.74) is 1.02. The SMILES string of the molecule is CCOC(=O)CCCNC(=O)c1ccccc1C#CCO. The van der Waals surface area contributed by atoms with Gasteiger partial charge in [0.1, 0.15) is 6.61 Å². The van der Waals surface area contributed by atoms with E-state index in [0.29, 0.717) is 30.7 Å². The molecule has 0 saturated carbocycles. The molecule has 0 heterocycles.